The molecular formula is C15H14N4O2. The first-order valence-corrected chi connectivity index (χ1v) is 6.62. The summed E-state index contributed by atoms with van der Waals surface area (Å²) in [6.07, 6.45) is 1.54. The average Bonchev–Trinajstić information content (AvgIpc) is 2.93. The van der Waals surface area contributed by atoms with E-state index in [0.29, 0.717) is 18.8 Å². The van der Waals surface area contributed by atoms with Crippen molar-refractivity contribution in [1.29, 1.82) is 0 Å². The number of rotatable bonds is 4. The third-order valence-corrected chi connectivity index (χ3v) is 3.17. The van der Waals surface area contributed by atoms with Gasteiger partial charge in [-0.1, -0.05) is 18.2 Å². The molecule has 3 aromatic rings. The maximum absolute atomic E-state index is 12.0. The van der Waals surface area contributed by atoms with Crippen molar-refractivity contribution in [1.82, 2.24) is 20.1 Å². The first kappa shape index (κ1) is 13.1. The molecular weight excluding hydrogens is 268 g/mol. The first-order valence-electron chi connectivity index (χ1n) is 6.62. The van der Waals surface area contributed by atoms with Crippen molar-refractivity contribution >= 4 is 16.8 Å². The number of hydrogen-bond acceptors (Lipinski definition) is 3. The predicted octanol–water partition coefficient (Wildman–Crippen LogP) is 1.15. The van der Waals surface area contributed by atoms with E-state index in [1.165, 1.54) is 10.7 Å². The molecule has 2 aromatic heterocycles. The van der Waals surface area contributed by atoms with E-state index < -0.39 is 0 Å². The van der Waals surface area contributed by atoms with Crippen LogP contribution in [0.3, 0.4) is 0 Å². The van der Waals surface area contributed by atoms with Crippen LogP contribution in [0.25, 0.3) is 10.9 Å². The maximum Gasteiger partial charge on any atom is 0.267 e. The normalized spacial score (nSPS) is 10.7. The van der Waals surface area contributed by atoms with Crippen LogP contribution in [0.5, 0.6) is 0 Å². The van der Waals surface area contributed by atoms with E-state index in [2.05, 4.69) is 15.4 Å². The lowest BCUT2D eigenvalue weighted by Crippen LogP contribution is -2.31. The van der Waals surface area contributed by atoms with Crippen LogP contribution in [0.15, 0.2) is 53.5 Å². The number of aromatic nitrogens is 3. The van der Waals surface area contributed by atoms with Crippen molar-refractivity contribution in [3.63, 3.8) is 0 Å². The van der Waals surface area contributed by atoms with Crippen LogP contribution in [0.1, 0.15) is 10.5 Å². The Bertz CT molecular complexity index is 802. The SMILES string of the molecule is O=C(NCCn1ncccc1=O)c1cc2ccccc2[nH]1. The van der Waals surface area contributed by atoms with Crippen LogP contribution in [-0.2, 0) is 6.54 Å². The number of para-hydroxylation sites is 1. The van der Waals surface area contributed by atoms with Gasteiger partial charge in [0.15, 0.2) is 0 Å². The Morgan fingerprint density at radius 2 is 2.10 bits per heavy atom. The molecule has 2 heterocycles. The molecule has 1 aromatic carbocycles. The van der Waals surface area contributed by atoms with Gasteiger partial charge < -0.3 is 10.3 Å². The van der Waals surface area contributed by atoms with Crippen molar-refractivity contribution in [3.8, 4) is 0 Å². The second-order valence-electron chi connectivity index (χ2n) is 4.61. The fourth-order valence-electron chi connectivity index (χ4n) is 2.12. The van der Waals surface area contributed by atoms with Crippen LogP contribution in [0.4, 0.5) is 0 Å². The fraction of sp³-hybridized carbons (Fsp3) is 0.133. The molecule has 0 fully saturated rings. The number of nitrogens with zero attached hydrogens (tertiary/aromatic N) is 2. The summed E-state index contributed by atoms with van der Waals surface area (Å²) in [4.78, 5) is 26.6. The quantitative estimate of drug-likeness (QED) is 0.753. The number of carbonyl (C=O) groups excluding carboxylic acids is 1. The molecule has 6 nitrogen and oxygen atoms in total. The van der Waals surface area contributed by atoms with E-state index in [9.17, 15) is 9.59 Å². The van der Waals surface area contributed by atoms with Crippen molar-refractivity contribution < 1.29 is 4.79 Å². The summed E-state index contributed by atoms with van der Waals surface area (Å²) in [5.41, 5.74) is 1.24. The minimum atomic E-state index is -0.199. The molecule has 2 N–H and O–H groups in total. The number of carbonyl (C=O) groups is 1. The highest BCUT2D eigenvalue weighted by atomic mass is 16.2. The number of nitrogens with one attached hydrogen (secondary N) is 2. The van der Waals surface area contributed by atoms with Crippen LogP contribution < -0.4 is 10.9 Å². The highest BCUT2D eigenvalue weighted by Crippen LogP contribution is 2.14. The van der Waals surface area contributed by atoms with Crippen molar-refractivity contribution in [3.05, 3.63) is 64.7 Å². The van der Waals surface area contributed by atoms with Gasteiger partial charge >= 0.3 is 0 Å². The van der Waals surface area contributed by atoms with Gasteiger partial charge in [0.2, 0.25) is 0 Å². The summed E-state index contributed by atoms with van der Waals surface area (Å²) in [6, 6.07) is 12.5. The van der Waals surface area contributed by atoms with Gasteiger partial charge in [0.05, 0.1) is 6.54 Å². The van der Waals surface area contributed by atoms with Gasteiger partial charge in [-0.15, -0.1) is 0 Å². The van der Waals surface area contributed by atoms with Gasteiger partial charge in [0, 0.05) is 29.7 Å². The Morgan fingerprint density at radius 3 is 2.90 bits per heavy atom. The summed E-state index contributed by atoms with van der Waals surface area (Å²) in [5.74, 6) is -0.199. The lowest BCUT2D eigenvalue weighted by atomic mass is 10.2. The van der Waals surface area contributed by atoms with Gasteiger partial charge in [-0.25, -0.2) is 4.68 Å². The van der Waals surface area contributed by atoms with Gasteiger partial charge in [0.1, 0.15) is 5.69 Å². The number of amides is 1. The molecule has 1 amide bonds. The number of aromatic amines is 1. The molecule has 0 saturated heterocycles. The Morgan fingerprint density at radius 1 is 1.24 bits per heavy atom. The molecule has 6 heteroatoms. The first-order chi connectivity index (χ1) is 10.2. The Kier molecular flexibility index (Phi) is 3.51. The predicted molar refractivity (Wildman–Crippen MR) is 79.1 cm³/mol. The van der Waals surface area contributed by atoms with Crippen molar-refractivity contribution in [2.24, 2.45) is 0 Å². The van der Waals surface area contributed by atoms with E-state index in [-0.39, 0.29) is 11.5 Å². The van der Waals surface area contributed by atoms with E-state index in [4.69, 9.17) is 0 Å². The number of hydrogen-bond donors (Lipinski definition) is 2. The molecule has 0 spiro atoms. The van der Waals surface area contributed by atoms with Crippen LogP contribution in [-0.4, -0.2) is 27.2 Å². The molecule has 0 aliphatic heterocycles. The van der Waals surface area contributed by atoms with E-state index in [1.807, 2.05) is 24.3 Å². The molecule has 0 unspecified atom stereocenters. The molecule has 0 aliphatic rings. The van der Waals surface area contributed by atoms with Gasteiger partial charge in [0.25, 0.3) is 11.5 Å². The van der Waals surface area contributed by atoms with E-state index >= 15 is 0 Å². The van der Waals surface area contributed by atoms with Crippen LogP contribution in [0.2, 0.25) is 0 Å². The van der Waals surface area contributed by atoms with E-state index in [0.717, 1.165) is 10.9 Å². The summed E-state index contributed by atoms with van der Waals surface area (Å²) in [5, 5.41) is 7.68. The largest absolute Gasteiger partial charge is 0.351 e. The van der Waals surface area contributed by atoms with Gasteiger partial charge in [-0.05, 0) is 18.2 Å². The van der Waals surface area contributed by atoms with Crippen molar-refractivity contribution in [2.75, 3.05) is 6.54 Å². The average molecular weight is 282 g/mol. The minimum absolute atomic E-state index is 0.183. The fourth-order valence-corrected chi connectivity index (χ4v) is 2.12. The van der Waals surface area contributed by atoms with Crippen LogP contribution >= 0.6 is 0 Å². The summed E-state index contributed by atoms with van der Waals surface area (Å²) < 4.78 is 1.31. The second kappa shape index (κ2) is 5.62. The molecule has 0 atom stereocenters. The lowest BCUT2D eigenvalue weighted by Gasteiger charge is -2.05. The Hall–Kier alpha value is -2.89. The smallest absolute Gasteiger partial charge is 0.267 e. The zero-order valence-corrected chi connectivity index (χ0v) is 11.2. The molecule has 0 saturated carbocycles. The van der Waals surface area contributed by atoms with Gasteiger partial charge in [-0.2, -0.15) is 5.10 Å². The Labute approximate surface area is 120 Å². The third kappa shape index (κ3) is 2.84. The number of benzene rings is 1. The lowest BCUT2D eigenvalue weighted by molar-refractivity contribution is 0.0947. The minimum Gasteiger partial charge on any atom is -0.351 e. The summed E-state index contributed by atoms with van der Waals surface area (Å²) >= 11 is 0. The number of fused-ring (bicyclic) bond motifs is 1. The monoisotopic (exact) mass is 282 g/mol. The molecule has 0 radical (unpaired) electrons. The zero-order valence-electron chi connectivity index (χ0n) is 11.2. The van der Waals surface area contributed by atoms with Gasteiger partial charge in [-0.3, -0.25) is 9.59 Å². The summed E-state index contributed by atoms with van der Waals surface area (Å²) in [6.45, 7) is 0.677. The van der Waals surface area contributed by atoms with Crippen molar-refractivity contribution in [2.45, 2.75) is 6.54 Å². The number of H-pyrrole nitrogens is 1. The second-order valence-corrected chi connectivity index (χ2v) is 4.61. The van der Waals surface area contributed by atoms with Crippen LogP contribution in [0, 0.1) is 0 Å². The standard InChI is InChI=1S/C15H14N4O2/c20-14-6-3-7-17-19(14)9-8-16-15(21)13-10-11-4-1-2-5-12(11)18-13/h1-7,10,18H,8-9H2,(H,16,21). The molecule has 3 rings (SSSR count). The Balaban J connectivity index is 1.64. The molecule has 21 heavy (non-hydrogen) atoms. The maximum atomic E-state index is 12.0. The zero-order chi connectivity index (χ0) is 14.7. The molecule has 0 bridgehead atoms. The molecule has 106 valence electrons. The third-order valence-electron chi connectivity index (χ3n) is 3.17. The summed E-state index contributed by atoms with van der Waals surface area (Å²) in [7, 11) is 0. The highest BCUT2D eigenvalue weighted by Gasteiger charge is 2.08. The molecule has 0 aliphatic carbocycles. The highest BCUT2D eigenvalue weighted by molar-refractivity contribution is 5.97. The van der Waals surface area contributed by atoms with E-state index in [1.54, 1.807) is 18.3 Å². The topological polar surface area (TPSA) is 79.8 Å².